The number of carbonyl (C=O) groups excluding carboxylic acids is 2. The Labute approximate surface area is 113 Å². The van der Waals surface area contributed by atoms with Crippen molar-refractivity contribution in [3.05, 3.63) is 29.8 Å². The maximum atomic E-state index is 12.1. The number of anilines is 1. The Morgan fingerprint density at radius 1 is 1.42 bits per heavy atom. The molecule has 19 heavy (non-hydrogen) atoms. The Morgan fingerprint density at radius 2 is 2.16 bits per heavy atom. The van der Waals surface area contributed by atoms with E-state index < -0.39 is 5.92 Å². The molecule has 1 aliphatic rings. The molecule has 0 aromatic heterocycles. The zero-order valence-electron chi connectivity index (χ0n) is 11.4. The van der Waals surface area contributed by atoms with E-state index >= 15 is 0 Å². The molecular formula is C15H19NO3. The highest BCUT2D eigenvalue weighted by Gasteiger charge is 2.34. The van der Waals surface area contributed by atoms with Gasteiger partial charge in [0.2, 0.25) is 5.91 Å². The predicted molar refractivity (Wildman–Crippen MR) is 73.1 cm³/mol. The molecular weight excluding hydrogens is 242 g/mol. The quantitative estimate of drug-likeness (QED) is 0.618. The Balaban J connectivity index is 2.20. The van der Waals surface area contributed by atoms with Crippen molar-refractivity contribution in [2.75, 3.05) is 18.6 Å². The van der Waals surface area contributed by atoms with E-state index in [4.69, 9.17) is 4.74 Å². The van der Waals surface area contributed by atoms with E-state index in [0.717, 1.165) is 24.1 Å². The van der Waals surface area contributed by atoms with E-state index in [9.17, 15) is 9.59 Å². The summed E-state index contributed by atoms with van der Waals surface area (Å²) in [4.78, 5) is 25.6. The van der Waals surface area contributed by atoms with Crippen LogP contribution in [0.2, 0.25) is 0 Å². The highest BCUT2D eigenvalue weighted by atomic mass is 16.5. The normalized spacial score (nSPS) is 18.1. The molecule has 0 aliphatic carbocycles. The number of esters is 1. The number of rotatable bonds is 4. The van der Waals surface area contributed by atoms with Gasteiger partial charge in [-0.1, -0.05) is 31.5 Å². The lowest BCUT2D eigenvalue weighted by molar-refractivity contribution is -0.147. The summed E-state index contributed by atoms with van der Waals surface area (Å²) in [5.74, 6) is -0.796. The van der Waals surface area contributed by atoms with E-state index in [1.165, 1.54) is 0 Å². The summed E-state index contributed by atoms with van der Waals surface area (Å²) in [6, 6.07) is 7.50. The van der Waals surface area contributed by atoms with Crippen molar-refractivity contribution in [2.45, 2.75) is 32.1 Å². The van der Waals surface area contributed by atoms with Crippen molar-refractivity contribution in [2.24, 2.45) is 0 Å². The smallest absolute Gasteiger partial charge is 0.314 e. The molecule has 1 aromatic carbocycles. The summed E-state index contributed by atoms with van der Waals surface area (Å²) < 4.78 is 5.25. The first kappa shape index (κ1) is 13.6. The summed E-state index contributed by atoms with van der Waals surface area (Å²) in [6.45, 7) is 2.47. The molecule has 1 amide bonds. The molecule has 102 valence electrons. The molecule has 0 radical (unpaired) electrons. The van der Waals surface area contributed by atoms with Crippen LogP contribution >= 0.6 is 0 Å². The number of hydrogen-bond donors (Lipinski definition) is 0. The monoisotopic (exact) mass is 261 g/mol. The Morgan fingerprint density at radius 3 is 2.89 bits per heavy atom. The van der Waals surface area contributed by atoms with Gasteiger partial charge in [-0.15, -0.1) is 0 Å². The molecule has 1 aromatic rings. The topological polar surface area (TPSA) is 46.6 Å². The summed E-state index contributed by atoms with van der Waals surface area (Å²) in [5, 5.41) is 0. The standard InChI is InChI=1S/C15H19NO3/c1-3-4-9-19-15(18)12-10-14(17)16(2)13-8-6-5-7-11(12)13/h5-8,12H,3-4,9-10H2,1-2H3. The fourth-order valence-corrected chi connectivity index (χ4v) is 2.27. The number of ether oxygens (including phenoxy) is 1. The number of benzene rings is 1. The second kappa shape index (κ2) is 5.87. The third kappa shape index (κ3) is 2.78. The molecule has 2 rings (SSSR count). The zero-order chi connectivity index (χ0) is 13.8. The van der Waals surface area contributed by atoms with Gasteiger partial charge in [0.25, 0.3) is 0 Å². The highest BCUT2D eigenvalue weighted by molar-refractivity contribution is 6.01. The summed E-state index contributed by atoms with van der Waals surface area (Å²) in [7, 11) is 1.74. The van der Waals surface area contributed by atoms with Crippen LogP contribution in [0.25, 0.3) is 0 Å². The van der Waals surface area contributed by atoms with Crippen molar-refractivity contribution in [3.8, 4) is 0 Å². The van der Waals surface area contributed by atoms with E-state index in [1.807, 2.05) is 31.2 Å². The fourth-order valence-electron chi connectivity index (χ4n) is 2.27. The molecule has 1 heterocycles. The average Bonchev–Trinajstić information content (AvgIpc) is 2.43. The molecule has 0 saturated carbocycles. The van der Waals surface area contributed by atoms with Crippen molar-refractivity contribution in [1.82, 2.24) is 0 Å². The van der Waals surface area contributed by atoms with Gasteiger partial charge in [0.15, 0.2) is 0 Å². The number of para-hydroxylation sites is 1. The lowest BCUT2D eigenvalue weighted by Crippen LogP contribution is -2.36. The SMILES string of the molecule is CCCCOC(=O)C1CC(=O)N(C)c2ccccc21. The summed E-state index contributed by atoms with van der Waals surface area (Å²) >= 11 is 0. The third-order valence-electron chi connectivity index (χ3n) is 3.45. The molecule has 0 spiro atoms. The van der Waals surface area contributed by atoms with Crippen LogP contribution in [0.4, 0.5) is 5.69 Å². The average molecular weight is 261 g/mol. The Kier molecular flexibility index (Phi) is 4.20. The first-order valence-corrected chi connectivity index (χ1v) is 6.67. The summed E-state index contributed by atoms with van der Waals surface area (Å²) in [5.41, 5.74) is 1.68. The van der Waals surface area contributed by atoms with Gasteiger partial charge in [-0.2, -0.15) is 0 Å². The molecule has 1 atom stereocenters. The Hall–Kier alpha value is -1.84. The maximum Gasteiger partial charge on any atom is 0.314 e. The third-order valence-corrected chi connectivity index (χ3v) is 3.45. The second-order valence-corrected chi connectivity index (χ2v) is 4.79. The van der Waals surface area contributed by atoms with E-state index in [2.05, 4.69) is 0 Å². The maximum absolute atomic E-state index is 12.1. The number of hydrogen-bond acceptors (Lipinski definition) is 3. The first-order valence-electron chi connectivity index (χ1n) is 6.67. The molecule has 0 saturated heterocycles. The largest absolute Gasteiger partial charge is 0.465 e. The van der Waals surface area contributed by atoms with Crippen LogP contribution in [0.1, 0.15) is 37.7 Å². The minimum atomic E-state index is -0.461. The van der Waals surface area contributed by atoms with Gasteiger partial charge in [-0.05, 0) is 18.1 Å². The number of nitrogens with zero attached hydrogens (tertiary/aromatic N) is 1. The van der Waals surface area contributed by atoms with Crippen LogP contribution < -0.4 is 4.90 Å². The van der Waals surface area contributed by atoms with Crippen molar-refractivity contribution in [1.29, 1.82) is 0 Å². The first-order chi connectivity index (χ1) is 9.15. The highest BCUT2D eigenvalue weighted by Crippen LogP contribution is 2.35. The predicted octanol–water partition coefficient (Wildman–Crippen LogP) is 2.48. The second-order valence-electron chi connectivity index (χ2n) is 4.79. The van der Waals surface area contributed by atoms with Crippen LogP contribution in [0.3, 0.4) is 0 Å². The van der Waals surface area contributed by atoms with E-state index in [-0.39, 0.29) is 18.3 Å². The molecule has 0 N–H and O–H groups in total. The fraction of sp³-hybridized carbons (Fsp3) is 0.467. The summed E-state index contributed by atoms with van der Waals surface area (Å²) in [6.07, 6.45) is 2.03. The van der Waals surface area contributed by atoms with Crippen LogP contribution in [0.15, 0.2) is 24.3 Å². The Bertz CT molecular complexity index is 484. The van der Waals surface area contributed by atoms with Gasteiger partial charge < -0.3 is 9.64 Å². The lowest BCUT2D eigenvalue weighted by atomic mass is 9.90. The minimum Gasteiger partial charge on any atom is -0.465 e. The van der Waals surface area contributed by atoms with Gasteiger partial charge in [0, 0.05) is 19.2 Å². The van der Waals surface area contributed by atoms with Crippen molar-refractivity contribution in [3.63, 3.8) is 0 Å². The van der Waals surface area contributed by atoms with E-state index in [0.29, 0.717) is 6.61 Å². The zero-order valence-corrected chi connectivity index (χ0v) is 11.4. The van der Waals surface area contributed by atoms with Crippen LogP contribution in [0, 0.1) is 0 Å². The molecule has 4 nitrogen and oxygen atoms in total. The molecule has 1 unspecified atom stereocenters. The molecule has 0 fully saturated rings. The molecule has 4 heteroatoms. The van der Waals surface area contributed by atoms with Gasteiger partial charge in [0.1, 0.15) is 0 Å². The minimum absolute atomic E-state index is 0.0452. The van der Waals surface area contributed by atoms with Crippen molar-refractivity contribution >= 4 is 17.6 Å². The van der Waals surface area contributed by atoms with E-state index in [1.54, 1.807) is 11.9 Å². The number of unbranched alkanes of at least 4 members (excludes halogenated alkanes) is 1. The van der Waals surface area contributed by atoms with Gasteiger partial charge in [-0.25, -0.2) is 0 Å². The molecule has 0 bridgehead atoms. The van der Waals surface area contributed by atoms with Gasteiger partial charge in [0.05, 0.1) is 12.5 Å². The van der Waals surface area contributed by atoms with Crippen molar-refractivity contribution < 1.29 is 14.3 Å². The van der Waals surface area contributed by atoms with Crippen LogP contribution in [-0.2, 0) is 14.3 Å². The number of amides is 1. The van der Waals surface area contributed by atoms with Crippen LogP contribution in [0.5, 0.6) is 0 Å². The lowest BCUT2D eigenvalue weighted by Gasteiger charge is -2.30. The number of carbonyl (C=O) groups is 2. The molecule has 1 aliphatic heterocycles. The van der Waals surface area contributed by atoms with Crippen LogP contribution in [-0.4, -0.2) is 25.5 Å². The number of fused-ring (bicyclic) bond motifs is 1. The van der Waals surface area contributed by atoms with Gasteiger partial charge >= 0.3 is 5.97 Å². The van der Waals surface area contributed by atoms with Gasteiger partial charge in [-0.3, -0.25) is 9.59 Å².